The first-order valence-corrected chi connectivity index (χ1v) is 15.9. The molecule has 0 radical (unpaired) electrons. The molecule has 0 bridgehead atoms. The van der Waals surface area contributed by atoms with E-state index < -0.39 is 0 Å². The molecule has 0 fully saturated rings. The van der Waals surface area contributed by atoms with Crippen molar-refractivity contribution in [3.63, 3.8) is 0 Å². The molecule has 12 aromatic rings. The summed E-state index contributed by atoms with van der Waals surface area (Å²) in [5.41, 5.74) is 7.42. The van der Waals surface area contributed by atoms with E-state index in [4.69, 9.17) is 6.85 Å². The van der Waals surface area contributed by atoms with Crippen molar-refractivity contribution in [3.05, 3.63) is 133 Å². The average molecular weight is 592 g/mol. The molecule has 0 saturated heterocycles. The number of fused-ring (bicyclic) bond motifs is 16. The highest BCUT2D eigenvalue weighted by atomic mass is 32.1. The summed E-state index contributed by atoms with van der Waals surface area (Å²) < 4.78 is 50.6. The minimum absolute atomic E-state index is 0.194. The summed E-state index contributed by atoms with van der Waals surface area (Å²) in [5, 5.41) is 11.4. The molecular formula is C42H22N2S. The van der Waals surface area contributed by atoms with Gasteiger partial charge in [-0.05, 0) is 47.5 Å². The maximum atomic E-state index is 9.01. The molecule has 0 aliphatic heterocycles. The molecule has 0 amide bonds. The van der Waals surface area contributed by atoms with E-state index >= 15 is 0 Å². The average Bonchev–Trinajstić information content (AvgIpc) is 3.93. The van der Waals surface area contributed by atoms with Crippen LogP contribution in [0.2, 0.25) is 0 Å². The molecule has 12 rings (SSSR count). The largest absolute Gasteiger partial charge is 0.308 e. The molecule has 206 valence electrons. The number of benzene rings is 7. The van der Waals surface area contributed by atoms with Gasteiger partial charge in [0.05, 0.1) is 40.0 Å². The van der Waals surface area contributed by atoms with E-state index in [0.717, 1.165) is 49.1 Å². The van der Waals surface area contributed by atoms with Crippen molar-refractivity contribution in [3.8, 4) is 11.1 Å². The van der Waals surface area contributed by atoms with Gasteiger partial charge in [-0.3, -0.25) is 0 Å². The molecule has 0 N–H and O–H groups in total. The zero-order valence-corrected chi connectivity index (χ0v) is 24.4. The number of aromatic nitrogens is 2. The van der Waals surface area contributed by atoms with Crippen LogP contribution in [-0.4, -0.2) is 8.80 Å². The van der Waals surface area contributed by atoms with Gasteiger partial charge in [0, 0.05) is 63.3 Å². The maximum Gasteiger partial charge on any atom is 0.0629 e. The van der Waals surface area contributed by atoms with Gasteiger partial charge in [-0.1, -0.05) is 96.9 Å². The van der Waals surface area contributed by atoms with Crippen LogP contribution in [0.3, 0.4) is 0 Å². The van der Waals surface area contributed by atoms with E-state index in [9.17, 15) is 0 Å². The van der Waals surface area contributed by atoms with Gasteiger partial charge < -0.3 is 8.80 Å². The number of hydrogen-bond donors (Lipinski definition) is 0. The molecule has 0 aliphatic carbocycles. The summed E-state index contributed by atoms with van der Waals surface area (Å²) in [6.45, 7) is 0. The molecule has 7 aromatic carbocycles. The number of para-hydroxylation sites is 2. The van der Waals surface area contributed by atoms with Crippen LogP contribution in [0.1, 0.15) is 6.85 Å². The molecule has 0 aliphatic rings. The molecule has 5 heterocycles. The Morgan fingerprint density at radius 3 is 2.09 bits per heavy atom. The predicted molar refractivity (Wildman–Crippen MR) is 194 cm³/mol. The van der Waals surface area contributed by atoms with Gasteiger partial charge in [0.2, 0.25) is 0 Å². The van der Waals surface area contributed by atoms with E-state index in [0.29, 0.717) is 5.56 Å². The number of nitrogens with zero attached hydrogens (tertiary/aromatic N) is 2. The molecule has 0 atom stereocenters. The summed E-state index contributed by atoms with van der Waals surface area (Å²) in [5.74, 6) is 0. The van der Waals surface area contributed by atoms with Crippen molar-refractivity contribution >= 4 is 108 Å². The highest BCUT2D eigenvalue weighted by Crippen LogP contribution is 2.49. The van der Waals surface area contributed by atoms with Gasteiger partial charge >= 0.3 is 0 Å². The van der Waals surface area contributed by atoms with E-state index in [-0.39, 0.29) is 35.8 Å². The fourth-order valence-electron chi connectivity index (χ4n) is 8.38. The molecule has 0 unspecified atom stereocenters. The summed E-state index contributed by atoms with van der Waals surface area (Å²) in [7, 11) is 0. The SMILES string of the molecule is [2H]c1c([2H])c([2H])c(-c2ccc3c4c5c(ccc4n4c6cc7c8cccc9c%10ccccc%10n(c7cc6c2c34)c98)sc2ccccc25)c([2H])c1[2H]. The topological polar surface area (TPSA) is 8.82 Å². The van der Waals surface area contributed by atoms with Crippen LogP contribution in [-0.2, 0) is 0 Å². The Morgan fingerprint density at radius 2 is 1.18 bits per heavy atom. The van der Waals surface area contributed by atoms with Crippen LogP contribution >= 0.6 is 11.3 Å². The highest BCUT2D eigenvalue weighted by molar-refractivity contribution is 7.26. The summed E-state index contributed by atoms with van der Waals surface area (Å²) in [6.07, 6.45) is 0. The monoisotopic (exact) mass is 591 g/mol. The lowest BCUT2D eigenvalue weighted by Gasteiger charge is -2.06. The fourth-order valence-corrected chi connectivity index (χ4v) is 9.49. The number of rotatable bonds is 1. The predicted octanol–water partition coefficient (Wildman–Crippen LogP) is 12.0. The van der Waals surface area contributed by atoms with Crippen molar-refractivity contribution in [1.29, 1.82) is 0 Å². The van der Waals surface area contributed by atoms with Crippen LogP contribution in [0.15, 0.2) is 133 Å². The normalized spacial score (nSPS) is 14.4. The first-order chi connectivity index (χ1) is 24.4. The third-order valence-electron chi connectivity index (χ3n) is 10.1. The van der Waals surface area contributed by atoms with Crippen molar-refractivity contribution in [2.75, 3.05) is 0 Å². The quantitative estimate of drug-likeness (QED) is 0.180. The van der Waals surface area contributed by atoms with Crippen molar-refractivity contribution in [1.82, 2.24) is 8.80 Å². The lowest BCUT2D eigenvalue weighted by molar-refractivity contribution is 1.36. The molecular weight excluding hydrogens is 565 g/mol. The zero-order valence-electron chi connectivity index (χ0n) is 28.6. The van der Waals surface area contributed by atoms with E-state index in [2.05, 4.69) is 106 Å². The Balaban J connectivity index is 1.37. The second kappa shape index (κ2) is 7.71. The lowest BCUT2D eigenvalue weighted by Crippen LogP contribution is -1.83. The van der Waals surface area contributed by atoms with Crippen LogP contribution in [0, 0.1) is 0 Å². The zero-order chi connectivity index (χ0) is 33.3. The van der Waals surface area contributed by atoms with E-state index in [1.54, 1.807) is 11.3 Å². The van der Waals surface area contributed by atoms with Crippen molar-refractivity contribution in [2.24, 2.45) is 0 Å². The second-order valence-corrected chi connectivity index (χ2v) is 13.2. The van der Waals surface area contributed by atoms with Crippen LogP contribution in [0.4, 0.5) is 0 Å². The highest BCUT2D eigenvalue weighted by Gasteiger charge is 2.25. The third kappa shape index (κ3) is 2.57. The van der Waals surface area contributed by atoms with Gasteiger partial charge in [-0.25, -0.2) is 0 Å². The lowest BCUT2D eigenvalue weighted by atomic mass is 9.96. The Hall–Kier alpha value is -5.64. The first-order valence-electron chi connectivity index (χ1n) is 17.6. The van der Waals surface area contributed by atoms with Gasteiger partial charge in [-0.15, -0.1) is 11.3 Å². The molecule has 5 aromatic heterocycles. The van der Waals surface area contributed by atoms with E-state index in [1.807, 2.05) is 6.07 Å². The van der Waals surface area contributed by atoms with Gasteiger partial charge in [0.1, 0.15) is 0 Å². The van der Waals surface area contributed by atoms with Gasteiger partial charge in [0.15, 0.2) is 0 Å². The smallest absolute Gasteiger partial charge is 0.0629 e. The summed E-state index contributed by atoms with van der Waals surface area (Å²) >= 11 is 1.80. The Kier molecular flexibility index (Phi) is 3.24. The Morgan fingerprint density at radius 1 is 0.444 bits per heavy atom. The number of thiophene rings is 1. The Labute approximate surface area is 267 Å². The van der Waals surface area contributed by atoms with Gasteiger partial charge in [0.25, 0.3) is 0 Å². The molecule has 0 spiro atoms. The molecule has 0 saturated carbocycles. The van der Waals surface area contributed by atoms with Crippen LogP contribution in [0.5, 0.6) is 0 Å². The molecule has 3 heteroatoms. The summed E-state index contributed by atoms with van der Waals surface area (Å²) in [4.78, 5) is 0. The van der Waals surface area contributed by atoms with Gasteiger partial charge in [-0.2, -0.15) is 0 Å². The first kappa shape index (κ1) is 18.9. The standard InChI is InChI=1S/C42H22N2S/c1-2-9-23(10-3-1)24-17-18-29-39-33(19-20-37-40(39)28-12-5-7-16-36(28)45-37)44-35-21-30-27-14-8-13-26-25-11-4-6-15-32(25)43(41(26)27)34(30)22-31(35)38(24)42(29)44/h1-22H/i1D,2D,3D,9D,10D. The molecule has 45 heavy (non-hydrogen) atoms. The second-order valence-electron chi connectivity index (χ2n) is 12.1. The molecule has 2 nitrogen and oxygen atoms in total. The van der Waals surface area contributed by atoms with Crippen molar-refractivity contribution < 1.29 is 6.85 Å². The Bertz CT molecular complexity index is 3470. The van der Waals surface area contributed by atoms with Crippen LogP contribution < -0.4 is 0 Å². The van der Waals surface area contributed by atoms with Crippen LogP contribution in [0.25, 0.3) is 107 Å². The maximum absolute atomic E-state index is 9.01. The minimum atomic E-state index is -0.387. The van der Waals surface area contributed by atoms with Crippen molar-refractivity contribution in [2.45, 2.75) is 0 Å². The fraction of sp³-hybridized carbons (Fsp3) is 0. The third-order valence-corrected chi connectivity index (χ3v) is 11.2. The number of hydrogen-bond acceptors (Lipinski definition) is 1. The van der Waals surface area contributed by atoms with E-state index in [1.165, 1.54) is 47.2 Å². The summed E-state index contributed by atoms with van der Waals surface area (Å²) in [6, 6.07) is 35.3. The minimum Gasteiger partial charge on any atom is -0.308 e.